The molecule has 0 radical (unpaired) electrons. The standard InChI is InChI=1S/C14H12F3N5O3S/c1-2-5-24-12(23)11-18-7-19-22(11)6-8-3-4-9(26-8)10-20-13(25-21-10)14(15,16)17/h3-4,7H,2,5-6H2,1H3. The Balaban J connectivity index is 1.75. The van der Waals surface area contributed by atoms with Crippen molar-refractivity contribution < 1.29 is 27.2 Å². The molecule has 3 aromatic heterocycles. The van der Waals surface area contributed by atoms with Gasteiger partial charge in [-0.3, -0.25) is 0 Å². The van der Waals surface area contributed by atoms with E-state index in [0.29, 0.717) is 16.2 Å². The second kappa shape index (κ2) is 7.23. The number of carbonyl (C=O) groups excluding carboxylic acids is 1. The number of alkyl halides is 3. The number of hydrogen-bond acceptors (Lipinski definition) is 8. The molecule has 12 heteroatoms. The summed E-state index contributed by atoms with van der Waals surface area (Å²) in [6, 6.07) is 3.24. The van der Waals surface area contributed by atoms with Crippen molar-refractivity contribution in [2.75, 3.05) is 6.61 Å². The van der Waals surface area contributed by atoms with E-state index in [9.17, 15) is 18.0 Å². The van der Waals surface area contributed by atoms with Crippen LogP contribution in [0.5, 0.6) is 0 Å². The van der Waals surface area contributed by atoms with Gasteiger partial charge < -0.3 is 9.26 Å². The molecular formula is C14H12F3N5O3S. The summed E-state index contributed by atoms with van der Waals surface area (Å²) >= 11 is 1.15. The van der Waals surface area contributed by atoms with Crippen LogP contribution in [0.2, 0.25) is 0 Å². The van der Waals surface area contributed by atoms with E-state index in [2.05, 4.69) is 24.7 Å². The lowest BCUT2D eigenvalue weighted by molar-refractivity contribution is -0.159. The second-order valence-electron chi connectivity index (χ2n) is 5.06. The van der Waals surface area contributed by atoms with E-state index in [1.165, 1.54) is 11.0 Å². The smallest absolute Gasteiger partial charge is 0.460 e. The fraction of sp³-hybridized carbons (Fsp3) is 0.357. The zero-order chi connectivity index (χ0) is 18.7. The van der Waals surface area contributed by atoms with Gasteiger partial charge in [-0.25, -0.2) is 14.5 Å². The van der Waals surface area contributed by atoms with Gasteiger partial charge in [0.15, 0.2) is 0 Å². The fourth-order valence-electron chi connectivity index (χ4n) is 1.97. The van der Waals surface area contributed by atoms with Crippen LogP contribution in [-0.4, -0.2) is 37.5 Å². The van der Waals surface area contributed by atoms with E-state index in [4.69, 9.17) is 4.74 Å². The van der Waals surface area contributed by atoms with Crippen LogP contribution < -0.4 is 0 Å². The molecule has 3 rings (SSSR count). The summed E-state index contributed by atoms with van der Waals surface area (Å²) in [6.07, 6.45) is -2.79. The zero-order valence-electron chi connectivity index (χ0n) is 13.4. The summed E-state index contributed by atoms with van der Waals surface area (Å²) in [5.41, 5.74) is 0. The minimum atomic E-state index is -4.69. The molecule has 0 unspecified atom stereocenters. The van der Waals surface area contributed by atoms with Crippen molar-refractivity contribution in [3.63, 3.8) is 0 Å². The molecular weight excluding hydrogens is 375 g/mol. The maximum atomic E-state index is 12.5. The predicted octanol–water partition coefficient (Wildman–Crippen LogP) is 3.02. The fourth-order valence-corrected chi connectivity index (χ4v) is 2.88. The third kappa shape index (κ3) is 3.90. The molecule has 26 heavy (non-hydrogen) atoms. The minimum absolute atomic E-state index is 0.0484. The first-order valence-electron chi connectivity index (χ1n) is 7.43. The Morgan fingerprint density at radius 3 is 2.88 bits per heavy atom. The summed E-state index contributed by atoms with van der Waals surface area (Å²) in [6.45, 7) is 2.34. The predicted molar refractivity (Wildman–Crippen MR) is 82.3 cm³/mol. The van der Waals surface area contributed by atoms with Crippen molar-refractivity contribution in [1.82, 2.24) is 24.9 Å². The second-order valence-corrected chi connectivity index (χ2v) is 6.23. The number of halogens is 3. The van der Waals surface area contributed by atoms with Crippen molar-refractivity contribution in [3.05, 3.63) is 35.1 Å². The number of thiophene rings is 1. The monoisotopic (exact) mass is 387 g/mol. The highest BCUT2D eigenvalue weighted by atomic mass is 32.1. The molecule has 0 atom stereocenters. The third-order valence-corrected chi connectivity index (χ3v) is 4.16. The van der Waals surface area contributed by atoms with Crippen molar-refractivity contribution >= 4 is 17.3 Å². The number of rotatable bonds is 6. The maximum absolute atomic E-state index is 12.5. The van der Waals surface area contributed by atoms with Crippen molar-refractivity contribution in [1.29, 1.82) is 0 Å². The molecule has 0 spiro atoms. The van der Waals surface area contributed by atoms with Gasteiger partial charge in [0.2, 0.25) is 11.6 Å². The van der Waals surface area contributed by atoms with E-state index in [0.717, 1.165) is 11.3 Å². The average Bonchev–Trinajstić information content (AvgIpc) is 3.31. The molecule has 0 saturated carbocycles. The van der Waals surface area contributed by atoms with Gasteiger partial charge in [-0.05, 0) is 18.6 Å². The topological polar surface area (TPSA) is 95.9 Å². The highest BCUT2D eigenvalue weighted by molar-refractivity contribution is 7.15. The van der Waals surface area contributed by atoms with Crippen LogP contribution in [0.4, 0.5) is 13.2 Å². The summed E-state index contributed by atoms with van der Waals surface area (Å²) in [7, 11) is 0. The molecule has 0 aliphatic carbocycles. The van der Waals surface area contributed by atoms with Crippen LogP contribution in [0.1, 0.15) is 34.7 Å². The third-order valence-electron chi connectivity index (χ3n) is 3.09. The molecule has 0 saturated heterocycles. The molecule has 138 valence electrons. The van der Waals surface area contributed by atoms with Crippen molar-refractivity contribution in [3.8, 4) is 10.7 Å². The van der Waals surface area contributed by atoms with Gasteiger partial charge in [0.1, 0.15) is 6.33 Å². The van der Waals surface area contributed by atoms with Crippen LogP contribution in [0.15, 0.2) is 23.0 Å². The Morgan fingerprint density at radius 2 is 2.19 bits per heavy atom. The maximum Gasteiger partial charge on any atom is 0.471 e. The van der Waals surface area contributed by atoms with Gasteiger partial charge >= 0.3 is 18.0 Å². The normalized spacial score (nSPS) is 11.7. The lowest BCUT2D eigenvalue weighted by Gasteiger charge is -2.04. The lowest BCUT2D eigenvalue weighted by Crippen LogP contribution is -2.15. The molecule has 0 aliphatic heterocycles. The van der Waals surface area contributed by atoms with Crippen LogP contribution in [-0.2, 0) is 17.5 Å². The summed E-state index contributed by atoms with van der Waals surface area (Å²) in [5.74, 6) is -2.10. The van der Waals surface area contributed by atoms with E-state index >= 15 is 0 Å². The number of nitrogens with zero attached hydrogens (tertiary/aromatic N) is 5. The Kier molecular flexibility index (Phi) is 5.02. The molecule has 0 fully saturated rings. The molecule has 0 aliphatic rings. The van der Waals surface area contributed by atoms with Gasteiger partial charge in [0, 0.05) is 4.88 Å². The van der Waals surface area contributed by atoms with E-state index in [1.807, 2.05) is 6.92 Å². The van der Waals surface area contributed by atoms with Crippen LogP contribution >= 0.6 is 11.3 Å². The number of esters is 1. The molecule has 8 nitrogen and oxygen atoms in total. The van der Waals surface area contributed by atoms with E-state index in [1.54, 1.807) is 12.1 Å². The molecule has 0 bridgehead atoms. The van der Waals surface area contributed by atoms with Gasteiger partial charge in [-0.15, -0.1) is 11.3 Å². The van der Waals surface area contributed by atoms with Crippen molar-refractivity contribution in [2.45, 2.75) is 26.1 Å². The first kappa shape index (κ1) is 18.0. The molecule has 0 N–H and O–H groups in total. The molecule has 3 heterocycles. The first-order valence-corrected chi connectivity index (χ1v) is 8.25. The number of aromatic nitrogens is 5. The van der Waals surface area contributed by atoms with Crippen LogP contribution in [0, 0.1) is 0 Å². The first-order chi connectivity index (χ1) is 12.4. The zero-order valence-corrected chi connectivity index (χ0v) is 14.2. The van der Waals surface area contributed by atoms with Gasteiger partial charge in [-0.1, -0.05) is 12.1 Å². The van der Waals surface area contributed by atoms with Crippen LogP contribution in [0.25, 0.3) is 10.7 Å². The van der Waals surface area contributed by atoms with Gasteiger partial charge in [0.05, 0.1) is 18.0 Å². The largest absolute Gasteiger partial charge is 0.471 e. The SMILES string of the molecule is CCCOC(=O)c1ncnn1Cc1ccc(-c2noc(C(F)(F)F)n2)s1. The van der Waals surface area contributed by atoms with E-state index < -0.39 is 18.0 Å². The summed E-state index contributed by atoms with van der Waals surface area (Å²) < 4.78 is 48.2. The number of carbonyl (C=O) groups is 1. The van der Waals surface area contributed by atoms with Crippen LogP contribution in [0.3, 0.4) is 0 Å². The number of ether oxygens (including phenoxy) is 1. The Labute approximate surface area is 148 Å². The van der Waals surface area contributed by atoms with Gasteiger partial charge in [0.25, 0.3) is 0 Å². The Morgan fingerprint density at radius 1 is 1.38 bits per heavy atom. The average molecular weight is 387 g/mol. The van der Waals surface area contributed by atoms with Crippen molar-refractivity contribution in [2.24, 2.45) is 0 Å². The molecule has 0 amide bonds. The highest BCUT2D eigenvalue weighted by Crippen LogP contribution is 2.31. The minimum Gasteiger partial charge on any atom is -0.460 e. The Bertz CT molecular complexity index is 902. The molecule has 3 aromatic rings. The summed E-state index contributed by atoms with van der Waals surface area (Å²) in [4.78, 5) is 20.3. The lowest BCUT2D eigenvalue weighted by atomic mass is 10.4. The number of hydrogen-bond donors (Lipinski definition) is 0. The Hall–Kier alpha value is -2.76. The summed E-state index contributed by atoms with van der Waals surface area (Å²) in [5, 5.41) is 7.31. The quantitative estimate of drug-likeness (QED) is 0.600. The highest BCUT2D eigenvalue weighted by Gasteiger charge is 2.38. The molecule has 0 aromatic carbocycles. The van der Waals surface area contributed by atoms with E-state index in [-0.39, 0.29) is 24.8 Å². The van der Waals surface area contributed by atoms with Gasteiger partial charge in [-0.2, -0.15) is 23.3 Å².